The zero-order chi connectivity index (χ0) is 16.2. The Balaban J connectivity index is 2.91. The van der Waals surface area contributed by atoms with E-state index >= 15 is 0 Å². The fourth-order valence-electron chi connectivity index (χ4n) is 1.85. The summed E-state index contributed by atoms with van der Waals surface area (Å²) < 4.78 is 36.6. The second kappa shape index (κ2) is 7.22. The van der Waals surface area contributed by atoms with Gasteiger partial charge in [0.2, 0.25) is 0 Å². The minimum Gasteiger partial charge on any atom is -0.352 e. The molecule has 0 aliphatic rings. The molecule has 0 spiro atoms. The third-order valence-corrected chi connectivity index (χ3v) is 4.33. The van der Waals surface area contributed by atoms with Gasteiger partial charge in [-0.2, -0.15) is 0 Å². The molecule has 0 bridgehead atoms. The summed E-state index contributed by atoms with van der Waals surface area (Å²) in [5.74, 6) is -0.854. The molecule has 1 rings (SSSR count). The van der Waals surface area contributed by atoms with Gasteiger partial charge in [-0.15, -0.1) is 0 Å². The molecule has 0 radical (unpaired) electrons. The topological polar surface area (TPSA) is 63.2 Å². The third-order valence-electron chi connectivity index (χ3n) is 3.00. The van der Waals surface area contributed by atoms with Crippen LogP contribution in [0.15, 0.2) is 17.0 Å². The molecule has 0 saturated heterocycles. The Kier molecular flexibility index (Phi) is 6.16. The average Bonchev–Trinajstić information content (AvgIpc) is 2.35. The van der Waals surface area contributed by atoms with E-state index in [1.54, 1.807) is 0 Å². The molecule has 7 heteroatoms. The van der Waals surface area contributed by atoms with Gasteiger partial charge in [0.05, 0.1) is 10.5 Å². The molecular weight excluding hydrogens is 317 g/mol. The Morgan fingerprint density at radius 3 is 2.52 bits per heavy atom. The second-order valence-corrected chi connectivity index (χ2v) is 7.90. The fraction of sp³-hybridized carbons (Fsp3) is 0.500. The van der Waals surface area contributed by atoms with Crippen LogP contribution in [-0.4, -0.2) is 20.9 Å². The highest BCUT2D eigenvalue weighted by Gasteiger charge is 2.19. The highest BCUT2D eigenvalue weighted by atomic mass is 35.7. The van der Waals surface area contributed by atoms with Crippen LogP contribution in [-0.2, 0) is 9.05 Å². The molecular formula is C14H19ClFNO3S. The second-order valence-electron chi connectivity index (χ2n) is 5.33. The van der Waals surface area contributed by atoms with Crippen molar-refractivity contribution in [1.29, 1.82) is 0 Å². The molecule has 1 amide bonds. The summed E-state index contributed by atoms with van der Waals surface area (Å²) >= 11 is 0. The molecule has 0 aliphatic heterocycles. The maximum Gasteiger partial charge on any atom is 0.261 e. The molecule has 0 atom stereocenters. The van der Waals surface area contributed by atoms with Crippen molar-refractivity contribution >= 4 is 25.6 Å². The molecule has 0 heterocycles. The van der Waals surface area contributed by atoms with E-state index in [4.69, 9.17) is 10.7 Å². The first-order chi connectivity index (χ1) is 9.62. The van der Waals surface area contributed by atoms with Gasteiger partial charge in [0, 0.05) is 17.2 Å². The Hall–Kier alpha value is -1.14. The number of hydrogen-bond donors (Lipinski definition) is 1. The summed E-state index contributed by atoms with van der Waals surface area (Å²) in [4.78, 5) is 11.7. The van der Waals surface area contributed by atoms with E-state index in [0.717, 1.165) is 25.0 Å². The van der Waals surface area contributed by atoms with Gasteiger partial charge in [0.25, 0.3) is 15.0 Å². The van der Waals surface area contributed by atoms with Gasteiger partial charge in [-0.3, -0.25) is 4.79 Å². The van der Waals surface area contributed by atoms with Gasteiger partial charge in [-0.25, -0.2) is 12.8 Å². The third kappa shape index (κ3) is 5.28. The van der Waals surface area contributed by atoms with E-state index in [9.17, 15) is 17.6 Å². The number of rotatable bonds is 6. The molecule has 1 N–H and O–H groups in total. The first-order valence-electron chi connectivity index (χ1n) is 6.66. The molecule has 0 unspecified atom stereocenters. The molecule has 0 aliphatic carbocycles. The first-order valence-corrected chi connectivity index (χ1v) is 8.97. The number of carbonyl (C=O) groups is 1. The Labute approximate surface area is 129 Å². The van der Waals surface area contributed by atoms with Crippen molar-refractivity contribution in [3.05, 3.63) is 29.1 Å². The van der Waals surface area contributed by atoms with Gasteiger partial charge in [0.15, 0.2) is 0 Å². The van der Waals surface area contributed by atoms with Crippen molar-refractivity contribution in [3.8, 4) is 0 Å². The standard InChI is InChI=1S/C14H19ClFNO3S/c1-9(2)5-4-6-17-14(18)12-8-11(21(15,19)20)7-10(3)13(12)16/h7-9H,4-6H2,1-3H3,(H,17,18). The summed E-state index contributed by atoms with van der Waals surface area (Å²) in [6.45, 7) is 5.93. The average molecular weight is 336 g/mol. The van der Waals surface area contributed by atoms with Crippen molar-refractivity contribution in [3.63, 3.8) is 0 Å². The van der Waals surface area contributed by atoms with E-state index < -0.39 is 20.8 Å². The van der Waals surface area contributed by atoms with Crippen LogP contribution in [0.25, 0.3) is 0 Å². The molecule has 21 heavy (non-hydrogen) atoms. The molecule has 1 aromatic rings. The Morgan fingerprint density at radius 1 is 1.38 bits per heavy atom. The summed E-state index contributed by atoms with van der Waals surface area (Å²) in [6, 6.07) is 2.07. The van der Waals surface area contributed by atoms with Crippen molar-refractivity contribution < 1.29 is 17.6 Å². The highest BCUT2D eigenvalue weighted by Crippen LogP contribution is 2.22. The zero-order valence-electron chi connectivity index (χ0n) is 12.2. The molecule has 0 saturated carbocycles. The summed E-state index contributed by atoms with van der Waals surface area (Å²) in [5, 5.41) is 2.58. The predicted octanol–water partition coefficient (Wildman–Crippen LogP) is 3.23. The lowest BCUT2D eigenvalue weighted by molar-refractivity contribution is 0.0948. The van der Waals surface area contributed by atoms with Crippen molar-refractivity contribution in [2.24, 2.45) is 5.92 Å². The van der Waals surface area contributed by atoms with Crippen molar-refractivity contribution in [2.45, 2.75) is 38.5 Å². The summed E-state index contributed by atoms with van der Waals surface area (Å²) in [7, 11) is 1.23. The number of benzene rings is 1. The molecule has 4 nitrogen and oxygen atoms in total. The maximum atomic E-state index is 14.0. The molecule has 0 aromatic heterocycles. The number of carbonyl (C=O) groups excluding carboxylic acids is 1. The van der Waals surface area contributed by atoms with Gasteiger partial charge < -0.3 is 5.32 Å². The fourth-order valence-corrected chi connectivity index (χ4v) is 2.69. The van der Waals surface area contributed by atoms with E-state index in [-0.39, 0.29) is 16.0 Å². The quantitative estimate of drug-likeness (QED) is 0.641. The van der Waals surface area contributed by atoms with Crippen LogP contribution >= 0.6 is 10.7 Å². The largest absolute Gasteiger partial charge is 0.352 e. The molecule has 0 fully saturated rings. The number of amides is 1. The lowest BCUT2D eigenvalue weighted by Gasteiger charge is -2.10. The Bertz CT molecular complexity index is 629. The van der Waals surface area contributed by atoms with Gasteiger partial charge in [-0.05, 0) is 43.4 Å². The summed E-state index contributed by atoms with van der Waals surface area (Å²) in [6.07, 6.45) is 1.72. The maximum absolute atomic E-state index is 14.0. The van der Waals surface area contributed by atoms with E-state index in [1.165, 1.54) is 6.92 Å². The van der Waals surface area contributed by atoms with Crippen molar-refractivity contribution in [1.82, 2.24) is 5.32 Å². The number of halogens is 2. The van der Waals surface area contributed by atoms with Crippen LogP contribution < -0.4 is 5.32 Å². The zero-order valence-corrected chi connectivity index (χ0v) is 13.8. The van der Waals surface area contributed by atoms with Crippen LogP contribution in [0.1, 0.15) is 42.6 Å². The minimum atomic E-state index is -4.01. The summed E-state index contributed by atoms with van der Waals surface area (Å²) in [5.41, 5.74) is -0.247. The highest BCUT2D eigenvalue weighted by molar-refractivity contribution is 8.13. The number of hydrogen-bond acceptors (Lipinski definition) is 3. The van der Waals surface area contributed by atoms with Gasteiger partial charge in [0.1, 0.15) is 5.82 Å². The SMILES string of the molecule is Cc1cc(S(=O)(=O)Cl)cc(C(=O)NCCCC(C)C)c1F. The number of nitrogens with one attached hydrogen (secondary N) is 1. The van der Waals surface area contributed by atoms with Gasteiger partial charge >= 0.3 is 0 Å². The normalized spacial score (nSPS) is 11.7. The van der Waals surface area contributed by atoms with Crippen LogP contribution in [0.4, 0.5) is 4.39 Å². The van der Waals surface area contributed by atoms with Crippen LogP contribution in [0.5, 0.6) is 0 Å². The Morgan fingerprint density at radius 2 is 2.00 bits per heavy atom. The van der Waals surface area contributed by atoms with E-state index in [2.05, 4.69) is 19.2 Å². The van der Waals surface area contributed by atoms with Crippen LogP contribution in [0, 0.1) is 18.7 Å². The lowest BCUT2D eigenvalue weighted by atomic mass is 10.1. The van der Waals surface area contributed by atoms with Gasteiger partial charge in [-0.1, -0.05) is 13.8 Å². The lowest BCUT2D eigenvalue weighted by Crippen LogP contribution is -2.26. The van der Waals surface area contributed by atoms with E-state index in [0.29, 0.717) is 12.5 Å². The minimum absolute atomic E-state index is 0.0593. The predicted molar refractivity (Wildman–Crippen MR) is 80.6 cm³/mol. The smallest absolute Gasteiger partial charge is 0.261 e. The van der Waals surface area contributed by atoms with E-state index in [1.807, 2.05) is 0 Å². The molecule has 118 valence electrons. The monoisotopic (exact) mass is 335 g/mol. The molecule has 1 aromatic carbocycles. The van der Waals surface area contributed by atoms with Crippen molar-refractivity contribution in [2.75, 3.05) is 6.54 Å². The number of aryl methyl sites for hydroxylation is 1. The van der Waals surface area contributed by atoms with Crippen LogP contribution in [0.3, 0.4) is 0 Å². The van der Waals surface area contributed by atoms with Crippen LogP contribution in [0.2, 0.25) is 0 Å². The first kappa shape index (κ1) is 17.9.